The number of nitrogens with one attached hydrogen (secondary N) is 1. The summed E-state index contributed by atoms with van der Waals surface area (Å²) in [6, 6.07) is 0. The molecule has 110 valence electrons. The standard InChI is InChI=1S/C14H25NO4/c1-2-3-9-19-10-5-8-15-13(16)11-6-4-7-12(11)14(17)18/h11-12H,2-10H2,1H3,(H,15,16)(H,17,18). The molecule has 0 radical (unpaired) electrons. The van der Waals surface area contributed by atoms with Crippen molar-refractivity contribution in [1.29, 1.82) is 0 Å². The van der Waals surface area contributed by atoms with Crippen LogP contribution in [-0.4, -0.2) is 36.7 Å². The molecule has 5 heteroatoms. The van der Waals surface area contributed by atoms with E-state index in [0.717, 1.165) is 32.3 Å². The van der Waals surface area contributed by atoms with Gasteiger partial charge in [-0.15, -0.1) is 0 Å². The summed E-state index contributed by atoms with van der Waals surface area (Å²) in [5.74, 6) is -1.81. The molecular formula is C14H25NO4. The highest BCUT2D eigenvalue weighted by Gasteiger charge is 2.37. The SMILES string of the molecule is CCCCOCCCNC(=O)C1CCCC1C(=O)O. The van der Waals surface area contributed by atoms with Crippen LogP contribution in [-0.2, 0) is 14.3 Å². The Balaban J connectivity index is 2.12. The second kappa shape index (κ2) is 8.91. The van der Waals surface area contributed by atoms with Crippen LogP contribution < -0.4 is 5.32 Å². The number of amides is 1. The lowest BCUT2D eigenvalue weighted by atomic mass is 9.95. The van der Waals surface area contributed by atoms with Gasteiger partial charge >= 0.3 is 5.97 Å². The zero-order chi connectivity index (χ0) is 14.1. The predicted octanol–water partition coefficient (Wildman–Crippen LogP) is 1.81. The maximum atomic E-state index is 11.9. The number of hydrogen-bond acceptors (Lipinski definition) is 3. The highest BCUT2D eigenvalue weighted by Crippen LogP contribution is 2.31. The van der Waals surface area contributed by atoms with E-state index in [9.17, 15) is 9.59 Å². The summed E-state index contributed by atoms with van der Waals surface area (Å²) in [6.07, 6.45) is 5.10. The molecule has 0 aromatic heterocycles. The van der Waals surface area contributed by atoms with Gasteiger partial charge in [-0.25, -0.2) is 0 Å². The molecule has 2 unspecified atom stereocenters. The lowest BCUT2D eigenvalue weighted by Gasteiger charge is -2.15. The summed E-state index contributed by atoms with van der Waals surface area (Å²) in [5, 5.41) is 11.8. The van der Waals surface area contributed by atoms with E-state index >= 15 is 0 Å². The van der Waals surface area contributed by atoms with Gasteiger partial charge in [0.25, 0.3) is 0 Å². The smallest absolute Gasteiger partial charge is 0.307 e. The summed E-state index contributed by atoms with van der Waals surface area (Å²) >= 11 is 0. The fourth-order valence-electron chi connectivity index (χ4n) is 2.43. The maximum absolute atomic E-state index is 11.9. The van der Waals surface area contributed by atoms with E-state index < -0.39 is 11.9 Å². The van der Waals surface area contributed by atoms with Gasteiger partial charge in [-0.1, -0.05) is 19.8 Å². The van der Waals surface area contributed by atoms with E-state index in [0.29, 0.717) is 26.0 Å². The molecule has 1 rings (SSSR count). The molecule has 1 fully saturated rings. The Morgan fingerprint density at radius 2 is 1.89 bits per heavy atom. The van der Waals surface area contributed by atoms with Crippen molar-refractivity contribution >= 4 is 11.9 Å². The quantitative estimate of drug-likeness (QED) is 0.627. The summed E-state index contributed by atoms with van der Waals surface area (Å²) in [6.45, 7) is 4.10. The van der Waals surface area contributed by atoms with E-state index in [1.165, 1.54) is 0 Å². The third-order valence-electron chi connectivity index (χ3n) is 3.58. The Morgan fingerprint density at radius 3 is 2.58 bits per heavy atom. The van der Waals surface area contributed by atoms with E-state index in [1.807, 2.05) is 0 Å². The number of hydrogen-bond donors (Lipinski definition) is 2. The molecule has 0 aromatic rings. The molecule has 2 atom stereocenters. The lowest BCUT2D eigenvalue weighted by molar-refractivity contribution is -0.146. The molecule has 2 N–H and O–H groups in total. The lowest BCUT2D eigenvalue weighted by Crippen LogP contribution is -2.36. The Bertz CT molecular complexity index is 293. The van der Waals surface area contributed by atoms with Gasteiger partial charge in [-0.05, 0) is 25.7 Å². The van der Waals surface area contributed by atoms with Crippen molar-refractivity contribution in [1.82, 2.24) is 5.32 Å². The normalized spacial score (nSPS) is 22.4. The number of aliphatic carboxylic acids is 1. The fourth-order valence-corrected chi connectivity index (χ4v) is 2.43. The minimum atomic E-state index is -0.847. The molecule has 1 aliphatic rings. The summed E-state index contributed by atoms with van der Waals surface area (Å²) < 4.78 is 5.40. The highest BCUT2D eigenvalue weighted by molar-refractivity contribution is 5.85. The van der Waals surface area contributed by atoms with Crippen LogP contribution >= 0.6 is 0 Å². The topological polar surface area (TPSA) is 75.6 Å². The van der Waals surface area contributed by atoms with Crippen LogP contribution in [0, 0.1) is 11.8 Å². The number of unbranched alkanes of at least 4 members (excludes halogenated alkanes) is 1. The first kappa shape index (κ1) is 16.0. The van der Waals surface area contributed by atoms with Gasteiger partial charge in [-0.2, -0.15) is 0 Å². The number of rotatable bonds is 9. The van der Waals surface area contributed by atoms with Gasteiger partial charge in [0, 0.05) is 19.8 Å². The number of carboxylic acid groups (broad SMARTS) is 1. The van der Waals surface area contributed by atoms with Crippen LogP contribution in [0.3, 0.4) is 0 Å². The van der Waals surface area contributed by atoms with Crippen molar-refractivity contribution in [2.24, 2.45) is 11.8 Å². The van der Waals surface area contributed by atoms with Crippen LogP contribution in [0.15, 0.2) is 0 Å². The van der Waals surface area contributed by atoms with Crippen molar-refractivity contribution in [3.63, 3.8) is 0 Å². The Morgan fingerprint density at radius 1 is 1.21 bits per heavy atom. The average molecular weight is 271 g/mol. The van der Waals surface area contributed by atoms with Crippen LogP contribution in [0.2, 0.25) is 0 Å². The summed E-state index contributed by atoms with van der Waals surface area (Å²) in [7, 11) is 0. The maximum Gasteiger partial charge on any atom is 0.307 e. The van der Waals surface area contributed by atoms with Crippen LogP contribution in [0.4, 0.5) is 0 Å². The molecule has 0 saturated heterocycles. The summed E-state index contributed by atoms with van der Waals surface area (Å²) in [5.41, 5.74) is 0. The van der Waals surface area contributed by atoms with Gasteiger partial charge in [-0.3, -0.25) is 9.59 Å². The molecule has 1 amide bonds. The van der Waals surface area contributed by atoms with Crippen molar-refractivity contribution < 1.29 is 19.4 Å². The second-order valence-electron chi connectivity index (χ2n) is 5.09. The van der Waals surface area contributed by atoms with Crippen molar-refractivity contribution in [3.8, 4) is 0 Å². The Hall–Kier alpha value is -1.10. The molecule has 0 heterocycles. The molecule has 1 saturated carbocycles. The molecule has 0 aromatic carbocycles. The fraction of sp³-hybridized carbons (Fsp3) is 0.857. The monoisotopic (exact) mass is 271 g/mol. The molecule has 5 nitrogen and oxygen atoms in total. The van der Waals surface area contributed by atoms with Crippen molar-refractivity contribution in [3.05, 3.63) is 0 Å². The Labute approximate surface area is 114 Å². The van der Waals surface area contributed by atoms with E-state index in [4.69, 9.17) is 9.84 Å². The number of ether oxygens (including phenoxy) is 1. The van der Waals surface area contributed by atoms with Crippen molar-refractivity contribution in [2.45, 2.75) is 45.4 Å². The van der Waals surface area contributed by atoms with E-state index in [-0.39, 0.29) is 11.8 Å². The van der Waals surface area contributed by atoms with Crippen LogP contribution in [0.5, 0.6) is 0 Å². The zero-order valence-corrected chi connectivity index (χ0v) is 11.7. The minimum absolute atomic E-state index is 0.113. The first-order valence-electron chi connectivity index (χ1n) is 7.25. The molecular weight excluding hydrogens is 246 g/mol. The van der Waals surface area contributed by atoms with Gasteiger partial charge in [0.1, 0.15) is 0 Å². The van der Waals surface area contributed by atoms with Gasteiger partial charge in [0.05, 0.1) is 11.8 Å². The highest BCUT2D eigenvalue weighted by atomic mass is 16.5. The van der Waals surface area contributed by atoms with Crippen LogP contribution in [0.1, 0.15) is 45.4 Å². The average Bonchev–Trinajstić information content (AvgIpc) is 2.87. The second-order valence-corrected chi connectivity index (χ2v) is 5.09. The molecule has 0 bridgehead atoms. The van der Waals surface area contributed by atoms with E-state index in [1.54, 1.807) is 0 Å². The van der Waals surface area contributed by atoms with Gasteiger partial charge < -0.3 is 15.2 Å². The largest absolute Gasteiger partial charge is 0.481 e. The van der Waals surface area contributed by atoms with Crippen LogP contribution in [0.25, 0.3) is 0 Å². The molecule has 19 heavy (non-hydrogen) atoms. The minimum Gasteiger partial charge on any atom is -0.481 e. The molecule has 0 aliphatic heterocycles. The third-order valence-corrected chi connectivity index (χ3v) is 3.58. The Kier molecular flexibility index (Phi) is 7.48. The first-order valence-corrected chi connectivity index (χ1v) is 7.25. The number of carbonyl (C=O) groups is 2. The zero-order valence-electron chi connectivity index (χ0n) is 11.7. The summed E-state index contributed by atoms with van der Waals surface area (Å²) in [4.78, 5) is 22.9. The van der Waals surface area contributed by atoms with Crippen molar-refractivity contribution in [2.75, 3.05) is 19.8 Å². The molecule has 1 aliphatic carbocycles. The van der Waals surface area contributed by atoms with Gasteiger partial charge in [0.2, 0.25) is 5.91 Å². The first-order chi connectivity index (χ1) is 9.16. The third kappa shape index (κ3) is 5.59. The number of carbonyl (C=O) groups excluding carboxylic acids is 1. The molecule has 0 spiro atoms. The van der Waals surface area contributed by atoms with Gasteiger partial charge in [0.15, 0.2) is 0 Å². The predicted molar refractivity (Wildman–Crippen MR) is 71.8 cm³/mol. The number of carboxylic acids is 1. The van der Waals surface area contributed by atoms with E-state index in [2.05, 4.69) is 12.2 Å².